The molecular formula is C12H10BrCl2NO. The molecule has 0 fully saturated rings. The molecule has 1 aromatic heterocycles. The molecule has 0 amide bonds. The highest BCUT2D eigenvalue weighted by Gasteiger charge is 2.14. The Labute approximate surface area is 118 Å². The molecule has 1 heterocycles. The zero-order chi connectivity index (χ0) is 12.6. The van der Waals surface area contributed by atoms with Gasteiger partial charge in [0.2, 0.25) is 0 Å². The van der Waals surface area contributed by atoms with Crippen molar-refractivity contribution in [2.45, 2.75) is 13.0 Å². The molecule has 1 unspecified atom stereocenters. The molecule has 2 N–H and O–H groups in total. The Balaban J connectivity index is 2.49. The second-order valence-corrected chi connectivity index (χ2v) is 5.32. The third kappa shape index (κ3) is 2.52. The second-order valence-electron chi connectivity index (χ2n) is 3.71. The van der Waals surface area contributed by atoms with E-state index in [1.807, 2.05) is 31.2 Å². The van der Waals surface area contributed by atoms with E-state index in [9.17, 15) is 0 Å². The van der Waals surface area contributed by atoms with Crippen LogP contribution in [0.2, 0.25) is 10.0 Å². The minimum Gasteiger partial charge on any atom is -0.459 e. The van der Waals surface area contributed by atoms with Crippen molar-refractivity contribution in [3.05, 3.63) is 44.5 Å². The number of furan rings is 1. The number of benzene rings is 1. The second kappa shape index (κ2) is 5.02. The fourth-order valence-electron chi connectivity index (χ4n) is 1.46. The highest BCUT2D eigenvalue weighted by molar-refractivity contribution is 9.10. The normalized spacial score (nSPS) is 12.8. The van der Waals surface area contributed by atoms with E-state index >= 15 is 0 Å². The minimum atomic E-state index is -0.145. The predicted octanol–water partition coefficient (Wildman–Crippen LogP) is 5.04. The Morgan fingerprint density at radius 2 is 1.88 bits per heavy atom. The first-order chi connectivity index (χ1) is 8.00. The molecule has 0 saturated heterocycles. The summed E-state index contributed by atoms with van der Waals surface area (Å²) in [4.78, 5) is 0. The zero-order valence-electron chi connectivity index (χ0n) is 9.01. The number of rotatable bonds is 2. The van der Waals surface area contributed by atoms with Crippen molar-refractivity contribution < 1.29 is 4.42 Å². The predicted molar refractivity (Wildman–Crippen MR) is 74.5 cm³/mol. The summed E-state index contributed by atoms with van der Waals surface area (Å²) < 4.78 is 6.38. The molecule has 2 aromatic rings. The fourth-order valence-corrected chi connectivity index (χ4v) is 2.33. The summed E-state index contributed by atoms with van der Waals surface area (Å²) in [5.41, 5.74) is 6.49. The van der Waals surface area contributed by atoms with Gasteiger partial charge in [-0.25, -0.2) is 0 Å². The van der Waals surface area contributed by atoms with Crippen LogP contribution in [0.4, 0.5) is 0 Å². The molecule has 5 heteroatoms. The average molecular weight is 335 g/mol. The molecule has 0 spiro atoms. The van der Waals surface area contributed by atoms with Crippen molar-refractivity contribution in [1.82, 2.24) is 0 Å². The summed E-state index contributed by atoms with van der Waals surface area (Å²) in [6, 6.07) is 7.21. The van der Waals surface area contributed by atoms with Crippen LogP contribution in [0.5, 0.6) is 0 Å². The maximum atomic E-state index is 6.17. The Kier molecular flexibility index (Phi) is 3.83. The lowest BCUT2D eigenvalue weighted by Crippen LogP contribution is -2.02. The molecule has 1 aromatic carbocycles. The fraction of sp³-hybridized carbons (Fsp3) is 0.167. The van der Waals surface area contributed by atoms with Gasteiger partial charge in [0.05, 0.1) is 16.1 Å². The van der Waals surface area contributed by atoms with E-state index in [1.165, 1.54) is 0 Å². The Morgan fingerprint density at radius 3 is 2.47 bits per heavy atom. The maximum absolute atomic E-state index is 6.17. The first-order valence-electron chi connectivity index (χ1n) is 5.00. The van der Waals surface area contributed by atoms with Gasteiger partial charge in [0.25, 0.3) is 0 Å². The van der Waals surface area contributed by atoms with Crippen LogP contribution in [0.15, 0.2) is 33.2 Å². The summed E-state index contributed by atoms with van der Waals surface area (Å²) in [6.07, 6.45) is 0. The van der Waals surface area contributed by atoms with Gasteiger partial charge in [0.15, 0.2) is 0 Å². The van der Waals surface area contributed by atoms with Crippen LogP contribution in [-0.4, -0.2) is 0 Å². The van der Waals surface area contributed by atoms with Crippen LogP contribution in [-0.2, 0) is 0 Å². The van der Waals surface area contributed by atoms with E-state index in [0.29, 0.717) is 15.8 Å². The van der Waals surface area contributed by atoms with Gasteiger partial charge in [0, 0.05) is 10.0 Å². The van der Waals surface area contributed by atoms with Crippen molar-refractivity contribution >= 4 is 39.1 Å². The molecule has 0 aliphatic heterocycles. The first-order valence-corrected chi connectivity index (χ1v) is 6.54. The Bertz CT molecular complexity index is 551. The highest BCUT2D eigenvalue weighted by atomic mass is 79.9. The summed E-state index contributed by atoms with van der Waals surface area (Å²) >= 11 is 15.5. The lowest BCUT2D eigenvalue weighted by molar-refractivity contribution is 0.491. The molecule has 2 nitrogen and oxygen atoms in total. The van der Waals surface area contributed by atoms with E-state index in [0.717, 1.165) is 15.8 Å². The molecule has 2 rings (SSSR count). The third-order valence-corrected chi connectivity index (χ3v) is 4.15. The largest absolute Gasteiger partial charge is 0.459 e. The van der Waals surface area contributed by atoms with Crippen molar-refractivity contribution in [3.63, 3.8) is 0 Å². The molecule has 17 heavy (non-hydrogen) atoms. The van der Waals surface area contributed by atoms with E-state index in [2.05, 4.69) is 15.9 Å². The molecule has 1 atom stereocenters. The molecule has 0 radical (unpaired) electrons. The van der Waals surface area contributed by atoms with E-state index in [-0.39, 0.29) is 6.04 Å². The monoisotopic (exact) mass is 333 g/mol. The smallest absolute Gasteiger partial charge is 0.135 e. The Morgan fingerprint density at radius 1 is 1.18 bits per heavy atom. The van der Waals surface area contributed by atoms with Gasteiger partial charge in [-0.2, -0.15) is 0 Å². The van der Waals surface area contributed by atoms with Crippen molar-refractivity contribution in [1.29, 1.82) is 0 Å². The van der Waals surface area contributed by atoms with Crippen molar-refractivity contribution in [2.24, 2.45) is 5.73 Å². The molecule has 0 aliphatic rings. The maximum Gasteiger partial charge on any atom is 0.135 e. The van der Waals surface area contributed by atoms with Crippen molar-refractivity contribution in [3.8, 4) is 11.3 Å². The van der Waals surface area contributed by atoms with Crippen LogP contribution in [0, 0.1) is 0 Å². The van der Waals surface area contributed by atoms with Gasteiger partial charge < -0.3 is 10.2 Å². The summed E-state index contributed by atoms with van der Waals surface area (Å²) in [7, 11) is 0. The quantitative estimate of drug-likeness (QED) is 0.782. The summed E-state index contributed by atoms with van der Waals surface area (Å²) in [5.74, 6) is 1.38. The molecule has 0 saturated carbocycles. The zero-order valence-corrected chi connectivity index (χ0v) is 12.1. The van der Waals surface area contributed by atoms with Gasteiger partial charge >= 0.3 is 0 Å². The summed E-state index contributed by atoms with van der Waals surface area (Å²) in [6.45, 7) is 1.86. The van der Waals surface area contributed by atoms with Gasteiger partial charge in [-0.1, -0.05) is 23.2 Å². The number of nitrogens with two attached hydrogens (primary N) is 1. The van der Waals surface area contributed by atoms with Crippen LogP contribution in [0.1, 0.15) is 18.7 Å². The molecular weight excluding hydrogens is 325 g/mol. The van der Waals surface area contributed by atoms with Crippen LogP contribution >= 0.6 is 39.1 Å². The number of hydrogen-bond donors (Lipinski definition) is 1. The Hall–Kier alpha value is -0.480. The third-order valence-electron chi connectivity index (χ3n) is 2.38. The standard InChI is InChI=1S/C12H10BrCl2NO/c1-6(16)9-4-5-10(17-9)7-2-3-8(13)12(15)11(7)14/h2-6H,16H2,1H3. The van der Waals surface area contributed by atoms with Gasteiger partial charge in [0.1, 0.15) is 11.5 Å². The van der Waals surface area contributed by atoms with E-state index < -0.39 is 0 Å². The summed E-state index contributed by atoms with van der Waals surface area (Å²) in [5, 5.41) is 0.939. The SMILES string of the molecule is CC(N)c1ccc(-c2ccc(Br)c(Cl)c2Cl)o1. The van der Waals surface area contributed by atoms with Crippen LogP contribution in [0.3, 0.4) is 0 Å². The highest BCUT2D eigenvalue weighted by Crippen LogP contribution is 2.38. The van der Waals surface area contributed by atoms with Crippen molar-refractivity contribution in [2.75, 3.05) is 0 Å². The average Bonchev–Trinajstić information content (AvgIpc) is 2.75. The first kappa shape index (κ1) is 13.0. The van der Waals surface area contributed by atoms with Gasteiger partial charge in [-0.3, -0.25) is 0 Å². The lowest BCUT2D eigenvalue weighted by atomic mass is 10.2. The topological polar surface area (TPSA) is 39.2 Å². The molecule has 90 valence electrons. The molecule has 0 bridgehead atoms. The minimum absolute atomic E-state index is 0.145. The number of hydrogen-bond acceptors (Lipinski definition) is 2. The van der Waals surface area contributed by atoms with Gasteiger partial charge in [-0.15, -0.1) is 0 Å². The van der Waals surface area contributed by atoms with E-state index in [1.54, 1.807) is 0 Å². The van der Waals surface area contributed by atoms with Gasteiger partial charge in [-0.05, 0) is 47.1 Å². The van der Waals surface area contributed by atoms with Crippen LogP contribution in [0.25, 0.3) is 11.3 Å². The lowest BCUT2D eigenvalue weighted by Gasteiger charge is -2.05. The van der Waals surface area contributed by atoms with Crippen LogP contribution < -0.4 is 5.73 Å². The molecule has 0 aliphatic carbocycles. The van der Waals surface area contributed by atoms with E-state index in [4.69, 9.17) is 33.4 Å². The number of halogens is 3.